The van der Waals surface area contributed by atoms with E-state index < -0.39 is 0 Å². The molecule has 5 heteroatoms. The Morgan fingerprint density at radius 1 is 1.11 bits per heavy atom. The molecule has 18 heavy (non-hydrogen) atoms. The minimum absolute atomic E-state index is 0.708. The minimum Gasteiger partial charge on any atom is -0.315 e. The van der Waals surface area contributed by atoms with E-state index in [0.717, 1.165) is 37.2 Å². The van der Waals surface area contributed by atoms with Gasteiger partial charge in [0.25, 0.3) is 0 Å². The normalized spacial score (nSPS) is 11.5. The summed E-state index contributed by atoms with van der Waals surface area (Å²) in [5.41, 5.74) is 3.07. The van der Waals surface area contributed by atoms with Crippen molar-refractivity contribution >= 4 is 11.0 Å². The van der Waals surface area contributed by atoms with Gasteiger partial charge in [-0.3, -0.25) is 0 Å². The smallest absolute Gasteiger partial charge is 0.113 e. The molecule has 2 rings (SSSR count). The van der Waals surface area contributed by atoms with Crippen LogP contribution in [0.4, 0.5) is 0 Å². The molecule has 0 bridgehead atoms. The summed E-state index contributed by atoms with van der Waals surface area (Å²) in [6, 6.07) is 6.14. The SMILES string of the molecule is CC(C)CNCCNCc1ccc2n[nH]nc2c1. The second-order valence-electron chi connectivity index (χ2n) is 4.92. The van der Waals surface area contributed by atoms with Crippen molar-refractivity contribution in [1.29, 1.82) is 0 Å². The number of benzene rings is 1. The molecular weight excluding hydrogens is 226 g/mol. The zero-order valence-corrected chi connectivity index (χ0v) is 11.0. The molecular formula is C13H21N5. The minimum atomic E-state index is 0.708. The molecule has 98 valence electrons. The Hall–Kier alpha value is -1.46. The largest absolute Gasteiger partial charge is 0.315 e. The van der Waals surface area contributed by atoms with Crippen molar-refractivity contribution in [3.8, 4) is 0 Å². The Bertz CT molecular complexity index is 477. The second kappa shape index (κ2) is 6.47. The first-order chi connectivity index (χ1) is 8.75. The summed E-state index contributed by atoms with van der Waals surface area (Å²) < 4.78 is 0. The zero-order valence-electron chi connectivity index (χ0n) is 11.0. The van der Waals surface area contributed by atoms with E-state index in [4.69, 9.17) is 0 Å². The van der Waals surface area contributed by atoms with E-state index >= 15 is 0 Å². The summed E-state index contributed by atoms with van der Waals surface area (Å²) in [6.45, 7) is 8.35. The highest BCUT2D eigenvalue weighted by Crippen LogP contribution is 2.09. The Labute approximate surface area is 107 Å². The standard InChI is InChI=1S/C13H21N5/c1-10(2)8-14-5-6-15-9-11-3-4-12-13(7-11)17-18-16-12/h3-4,7,10,14-15H,5-6,8-9H2,1-2H3,(H,16,17,18). The van der Waals surface area contributed by atoms with Crippen LogP contribution in [0.3, 0.4) is 0 Å². The van der Waals surface area contributed by atoms with Crippen LogP contribution in [0.2, 0.25) is 0 Å². The molecule has 0 radical (unpaired) electrons. The number of H-pyrrole nitrogens is 1. The summed E-state index contributed by atoms with van der Waals surface area (Å²) in [7, 11) is 0. The maximum Gasteiger partial charge on any atom is 0.113 e. The van der Waals surface area contributed by atoms with Gasteiger partial charge in [0.2, 0.25) is 0 Å². The van der Waals surface area contributed by atoms with Gasteiger partial charge in [0, 0.05) is 19.6 Å². The topological polar surface area (TPSA) is 65.6 Å². The highest BCUT2D eigenvalue weighted by atomic mass is 15.3. The molecule has 1 heterocycles. The van der Waals surface area contributed by atoms with Crippen LogP contribution in [0, 0.1) is 5.92 Å². The average molecular weight is 247 g/mol. The van der Waals surface area contributed by atoms with Crippen LogP contribution in [-0.2, 0) is 6.54 Å². The maximum absolute atomic E-state index is 4.08. The van der Waals surface area contributed by atoms with Gasteiger partial charge >= 0.3 is 0 Å². The highest BCUT2D eigenvalue weighted by Gasteiger charge is 1.99. The molecule has 1 aromatic carbocycles. The van der Waals surface area contributed by atoms with E-state index in [2.05, 4.69) is 52.0 Å². The predicted molar refractivity (Wildman–Crippen MR) is 73.3 cm³/mol. The molecule has 0 aliphatic heterocycles. The molecule has 0 saturated heterocycles. The van der Waals surface area contributed by atoms with Crippen LogP contribution in [-0.4, -0.2) is 35.0 Å². The fourth-order valence-corrected chi connectivity index (χ4v) is 1.80. The third-order valence-corrected chi connectivity index (χ3v) is 2.74. The van der Waals surface area contributed by atoms with Crippen LogP contribution >= 0.6 is 0 Å². The molecule has 0 atom stereocenters. The van der Waals surface area contributed by atoms with Crippen molar-refractivity contribution in [2.24, 2.45) is 5.92 Å². The summed E-state index contributed by atoms with van der Waals surface area (Å²) in [5, 5.41) is 17.6. The zero-order chi connectivity index (χ0) is 12.8. The van der Waals surface area contributed by atoms with Gasteiger partial charge in [-0.05, 0) is 30.2 Å². The molecule has 1 aromatic heterocycles. The molecule has 0 unspecified atom stereocenters. The van der Waals surface area contributed by atoms with E-state index in [1.165, 1.54) is 5.56 Å². The van der Waals surface area contributed by atoms with Crippen molar-refractivity contribution in [3.63, 3.8) is 0 Å². The van der Waals surface area contributed by atoms with Gasteiger partial charge in [0.1, 0.15) is 11.0 Å². The van der Waals surface area contributed by atoms with Gasteiger partial charge < -0.3 is 10.6 Å². The summed E-state index contributed by atoms with van der Waals surface area (Å²) >= 11 is 0. The third kappa shape index (κ3) is 3.78. The first-order valence-electron chi connectivity index (χ1n) is 6.46. The highest BCUT2D eigenvalue weighted by molar-refractivity contribution is 5.74. The van der Waals surface area contributed by atoms with Gasteiger partial charge in [0.05, 0.1) is 0 Å². The third-order valence-electron chi connectivity index (χ3n) is 2.74. The van der Waals surface area contributed by atoms with Crippen LogP contribution in [0.1, 0.15) is 19.4 Å². The van der Waals surface area contributed by atoms with E-state index in [0.29, 0.717) is 5.92 Å². The number of hydrogen-bond acceptors (Lipinski definition) is 4. The Morgan fingerprint density at radius 3 is 2.72 bits per heavy atom. The number of fused-ring (bicyclic) bond motifs is 1. The monoisotopic (exact) mass is 247 g/mol. The molecule has 0 aliphatic rings. The molecule has 5 nitrogen and oxygen atoms in total. The Balaban J connectivity index is 1.70. The molecule has 0 aliphatic carbocycles. The second-order valence-corrected chi connectivity index (χ2v) is 4.92. The van der Waals surface area contributed by atoms with Crippen molar-refractivity contribution < 1.29 is 0 Å². The molecule has 0 amide bonds. The lowest BCUT2D eigenvalue weighted by molar-refractivity contribution is 0.535. The maximum atomic E-state index is 4.08. The van der Waals surface area contributed by atoms with Crippen LogP contribution in [0.25, 0.3) is 11.0 Å². The number of aromatic nitrogens is 3. The molecule has 3 N–H and O–H groups in total. The first kappa shape index (κ1) is 13.0. The van der Waals surface area contributed by atoms with Gasteiger partial charge in [0.15, 0.2) is 0 Å². The predicted octanol–water partition coefficient (Wildman–Crippen LogP) is 1.29. The van der Waals surface area contributed by atoms with E-state index in [-0.39, 0.29) is 0 Å². The van der Waals surface area contributed by atoms with Gasteiger partial charge in [-0.25, -0.2) is 0 Å². The van der Waals surface area contributed by atoms with E-state index in [1.807, 2.05) is 6.07 Å². The fraction of sp³-hybridized carbons (Fsp3) is 0.538. The van der Waals surface area contributed by atoms with Crippen molar-refractivity contribution in [2.75, 3.05) is 19.6 Å². The fourth-order valence-electron chi connectivity index (χ4n) is 1.80. The van der Waals surface area contributed by atoms with Gasteiger partial charge in [-0.1, -0.05) is 19.9 Å². The van der Waals surface area contributed by atoms with E-state index in [1.54, 1.807) is 0 Å². The molecule has 0 spiro atoms. The van der Waals surface area contributed by atoms with Crippen LogP contribution in [0.5, 0.6) is 0 Å². The lowest BCUT2D eigenvalue weighted by Crippen LogP contribution is -2.29. The molecule has 0 saturated carbocycles. The van der Waals surface area contributed by atoms with Gasteiger partial charge in [-0.15, -0.1) is 0 Å². The average Bonchev–Trinajstić information content (AvgIpc) is 2.80. The number of rotatable bonds is 7. The summed E-state index contributed by atoms with van der Waals surface area (Å²) in [6.07, 6.45) is 0. The summed E-state index contributed by atoms with van der Waals surface area (Å²) in [4.78, 5) is 0. The number of nitrogens with one attached hydrogen (secondary N) is 3. The van der Waals surface area contributed by atoms with Crippen molar-refractivity contribution in [2.45, 2.75) is 20.4 Å². The van der Waals surface area contributed by atoms with Gasteiger partial charge in [-0.2, -0.15) is 15.4 Å². The van der Waals surface area contributed by atoms with Crippen molar-refractivity contribution in [3.05, 3.63) is 23.8 Å². The summed E-state index contributed by atoms with van der Waals surface area (Å²) in [5.74, 6) is 0.708. The lowest BCUT2D eigenvalue weighted by atomic mass is 10.2. The first-order valence-corrected chi connectivity index (χ1v) is 6.46. The Morgan fingerprint density at radius 2 is 1.89 bits per heavy atom. The number of nitrogens with zero attached hydrogens (tertiary/aromatic N) is 2. The number of aromatic amines is 1. The van der Waals surface area contributed by atoms with Crippen LogP contribution in [0.15, 0.2) is 18.2 Å². The lowest BCUT2D eigenvalue weighted by Gasteiger charge is -2.08. The quantitative estimate of drug-likeness (QED) is 0.645. The molecule has 0 fully saturated rings. The van der Waals surface area contributed by atoms with Crippen LogP contribution < -0.4 is 10.6 Å². The number of hydrogen-bond donors (Lipinski definition) is 3. The molecule has 2 aromatic rings. The van der Waals surface area contributed by atoms with E-state index in [9.17, 15) is 0 Å². The Kier molecular flexibility index (Phi) is 4.66. The van der Waals surface area contributed by atoms with Crippen molar-refractivity contribution in [1.82, 2.24) is 26.0 Å².